The summed E-state index contributed by atoms with van der Waals surface area (Å²) < 4.78 is 0. The highest BCUT2D eigenvalue weighted by Gasteiger charge is 2.36. The number of nitrogens with zero attached hydrogens (tertiary/aromatic N) is 2. The number of fused-ring (bicyclic) bond motifs is 1. The molecule has 2 N–H and O–H groups in total. The van der Waals surface area contributed by atoms with E-state index >= 15 is 0 Å². The lowest BCUT2D eigenvalue weighted by molar-refractivity contribution is 0.0968. The third-order valence-electron chi connectivity index (χ3n) is 6.42. The van der Waals surface area contributed by atoms with Gasteiger partial charge in [-0.3, -0.25) is 4.98 Å². The molecule has 0 saturated heterocycles. The van der Waals surface area contributed by atoms with Crippen molar-refractivity contribution < 1.29 is 10.2 Å². The van der Waals surface area contributed by atoms with Gasteiger partial charge >= 0.3 is 0 Å². The van der Waals surface area contributed by atoms with Crippen LogP contribution in [-0.4, -0.2) is 15.2 Å². The molecule has 3 rings (SSSR count). The van der Waals surface area contributed by atoms with E-state index in [1.165, 1.54) is 0 Å². The summed E-state index contributed by atoms with van der Waals surface area (Å²) in [6.07, 6.45) is 0.120. The molecule has 0 spiro atoms. The zero-order valence-corrected chi connectivity index (χ0v) is 23.2. The summed E-state index contributed by atoms with van der Waals surface area (Å²) >= 11 is 0. The number of hydrogen-bond acceptors (Lipinski definition) is 4. The summed E-state index contributed by atoms with van der Waals surface area (Å²) in [5, 5.41) is 31.6. The van der Waals surface area contributed by atoms with Gasteiger partial charge in [0.1, 0.15) is 6.10 Å². The van der Waals surface area contributed by atoms with E-state index in [1.807, 2.05) is 72.7 Å². The fourth-order valence-electron chi connectivity index (χ4n) is 4.65. The number of pyridine rings is 1. The minimum atomic E-state index is -0.832. The molecule has 2 aromatic rings. The first-order chi connectivity index (χ1) is 15.9. The Morgan fingerprint density at radius 2 is 1.62 bits per heavy atom. The maximum atomic E-state index is 11.4. The van der Waals surface area contributed by atoms with Crippen molar-refractivity contribution in [2.45, 2.75) is 113 Å². The monoisotopic (exact) mass is 466 g/mol. The average Bonchev–Trinajstić information content (AvgIpc) is 2.80. The van der Waals surface area contributed by atoms with Crippen LogP contribution < -0.4 is 0 Å². The molecule has 4 nitrogen and oxygen atoms in total. The van der Waals surface area contributed by atoms with Gasteiger partial charge < -0.3 is 10.2 Å². The molecule has 0 fully saturated rings. The molecule has 188 valence electrons. The Kier molecular flexibility index (Phi) is 10.5. The van der Waals surface area contributed by atoms with Crippen LogP contribution in [0.4, 0.5) is 0 Å². The molecular weight excluding hydrogens is 420 g/mol. The van der Waals surface area contributed by atoms with Gasteiger partial charge in [-0.15, -0.1) is 0 Å². The van der Waals surface area contributed by atoms with Crippen LogP contribution in [0.2, 0.25) is 0 Å². The normalized spacial score (nSPS) is 17.4. The van der Waals surface area contributed by atoms with Crippen molar-refractivity contribution in [2.24, 2.45) is 5.41 Å². The van der Waals surface area contributed by atoms with Gasteiger partial charge in [-0.05, 0) is 61.6 Å². The van der Waals surface area contributed by atoms with Crippen molar-refractivity contribution >= 4 is 0 Å². The summed E-state index contributed by atoms with van der Waals surface area (Å²) in [7, 11) is 0. The first kappa shape index (κ1) is 29.8. The van der Waals surface area contributed by atoms with Crippen LogP contribution in [0.3, 0.4) is 0 Å². The van der Waals surface area contributed by atoms with E-state index < -0.39 is 17.6 Å². The van der Waals surface area contributed by atoms with Crippen molar-refractivity contribution in [3.8, 4) is 6.07 Å². The SMILES string of the molecule is CC.CC.Cc1c2c(nc(C(C)C)c1C(O)c1ccc(C(C)(C)C#N)cc1)CC(C)(C)CC2O. The molecule has 0 radical (unpaired) electrons. The molecule has 2 atom stereocenters. The molecule has 0 saturated carbocycles. The molecule has 1 aliphatic rings. The molecule has 0 bridgehead atoms. The third-order valence-corrected chi connectivity index (χ3v) is 6.42. The lowest BCUT2D eigenvalue weighted by Crippen LogP contribution is -2.29. The minimum Gasteiger partial charge on any atom is -0.388 e. The van der Waals surface area contributed by atoms with Gasteiger partial charge in [0.05, 0.1) is 17.6 Å². The number of aliphatic hydroxyl groups is 2. The Bertz CT molecular complexity index is 982. The van der Waals surface area contributed by atoms with Crippen LogP contribution in [0.15, 0.2) is 24.3 Å². The number of aromatic nitrogens is 1. The van der Waals surface area contributed by atoms with Crippen molar-refractivity contribution in [1.29, 1.82) is 5.26 Å². The van der Waals surface area contributed by atoms with E-state index in [2.05, 4.69) is 33.8 Å². The van der Waals surface area contributed by atoms with E-state index in [9.17, 15) is 15.5 Å². The third kappa shape index (κ3) is 6.26. The van der Waals surface area contributed by atoms with Gasteiger partial charge in [-0.25, -0.2) is 0 Å². The van der Waals surface area contributed by atoms with Gasteiger partial charge in [0.2, 0.25) is 0 Å². The summed E-state index contributed by atoms with van der Waals surface area (Å²) in [5.41, 5.74) is 5.60. The zero-order valence-electron chi connectivity index (χ0n) is 23.2. The second kappa shape index (κ2) is 12.0. The lowest BCUT2D eigenvalue weighted by atomic mass is 9.72. The molecule has 4 heteroatoms. The predicted octanol–water partition coefficient (Wildman–Crippen LogP) is 7.45. The molecular formula is C30H46N2O2. The van der Waals surface area contributed by atoms with Crippen LogP contribution in [-0.2, 0) is 11.8 Å². The number of hydrogen-bond donors (Lipinski definition) is 2. The maximum Gasteiger partial charge on any atom is 0.106 e. The van der Waals surface area contributed by atoms with Crippen molar-refractivity contribution in [3.05, 3.63) is 63.5 Å². The molecule has 1 aliphatic carbocycles. The summed E-state index contributed by atoms with van der Waals surface area (Å²) in [4.78, 5) is 4.97. The Morgan fingerprint density at radius 1 is 1.09 bits per heavy atom. The van der Waals surface area contributed by atoms with Crippen LogP contribution in [0.25, 0.3) is 0 Å². The van der Waals surface area contributed by atoms with Gasteiger partial charge in [-0.1, -0.05) is 79.7 Å². The average molecular weight is 467 g/mol. The van der Waals surface area contributed by atoms with Crippen LogP contribution in [0.5, 0.6) is 0 Å². The van der Waals surface area contributed by atoms with Crippen molar-refractivity contribution in [2.75, 3.05) is 0 Å². The summed E-state index contributed by atoms with van der Waals surface area (Å²) in [5.74, 6) is 0.151. The molecule has 1 heterocycles. The first-order valence-electron chi connectivity index (χ1n) is 12.8. The number of nitriles is 1. The van der Waals surface area contributed by atoms with Gasteiger partial charge in [0.25, 0.3) is 0 Å². The molecule has 1 aromatic carbocycles. The van der Waals surface area contributed by atoms with E-state index in [-0.39, 0.29) is 11.3 Å². The lowest BCUT2D eigenvalue weighted by Gasteiger charge is -2.36. The van der Waals surface area contributed by atoms with Gasteiger partial charge in [0, 0.05) is 22.5 Å². The quantitative estimate of drug-likeness (QED) is 0.490. The minimum absolute atomic E-state index is 0.00359. The van der Waals surface area contributed by atoms with E-state index in [0.717, 1.165) is 45.6 Å². The molecule has 0 aliphatic heterocycles. The van der Waals surface area contributed by atoms with Crippen LogP contribution in [0, 0.1) is 23.7 Å². The van der Waals surface area contributed by atoms with Crippen LogP contribution in [0.1, 0.15) is 133 Å². The molecule has 34 heavy (non-hydrogen) atoms. The zero-order chi connectivity index (χ0) is 26.4. The highest BCUT2D eigenvalue weighted by Crippen LogP contribution is 2.44. The summed E-state index contributed by atoms with van der Waals surface area (Å²) in [6, 6.07) is 9.92. The fraction of sp³-hybridized carbons (Fsp3) is 0.600. The highest BCUT2D eigenvalue weighted by atomic mass is 16.3. The van der Waals surface area contributed by atoms with Crippen LogP contribution >= 0.6 is 0 Å². The molecule has 0 amide bonds. The standard InChI is InChI=1S/C26H34N2O2.2C2H6/c1-15(2)23-22(16(3)21-19(28-23)12-25(4,5)13-20(21)29)24(30)17-8-10-18(11-9-17)26(6,7)14-27;2*1-2/h8-11,15,20,24,29-30H,12-13H2,1-7H3;2*1-2H3. The molecule has 2 unspecified atom stereocenters. The number of benzene rings is 1. The summed E-state index contributed by atoms with van der Waals surface area (Å²) in [6.45, 7) is 22.3. The Labute approximate surface area is 208 Å². The van der Waals surface area contributed by atoms with E-state index in [4.69, 9.17) is 4.98 Å². The Hall–Kier alpha value is -2.22. The second-order valence-electron chi connectivity index (χ2n) is 10.4. The number of rotatable bonds is 4. The van der Waals surface area contributed by atoms with Gasteiger partial charge in [0.15, 0.2) is 0 Å². The van der Waals surface area contributed by atoms with Crippen molar-refractivity contribution in [3.63, 3.8) is 0 Å². The molecule has 1 aromatic heterocycles. The second-order valence-corrected chi connectivity index (χ2v) is 10.4. The Balaban J connectivity index is 0.00000137. The fourth-order valence-corrected chi connectivity index (χ4v) is 4.65. The predicted molar refractivity (Wildman–Crippen MR) is 142 cm³/mol. The topological polar surface area (TPSA) is 77.1 Å². The number of aliphatic hydroxyl groups excluding tert-OH is 2. The largest absolute Gasteiger partial charge is 0.388 e. The van der Waals surface area contributed by atoms with Gasteiger partial charge in [-0.2, -0.15) is 5.26 Å². The maximum absolute atomic E-state index is 11.4. The smallest absolute Gasteiger partial charge is 0.106 e. The Morgan fingerprint density at radius 3 is 2.09 bits per heavy atom. The van der Waals surface area contributed by atoms with E-state index in [1.54, 1.807) is 0 Å². The van der Waals surface area contributed by atoms with E-state index in [0.29, 0.717) is 6.42 Å². The first-order valence-corrected chi connectivity index (χ1v) is 12.8. The van der Waals surface area contributed by atoms with Crippen molar-refractivity contribution in [1.82, 2.24) is 4.98 Å². The highest BCUT2D eigenvalue weighted by molar-refractivity contribution is 5.48.